The zero-order valence-electron chi connectivity index (χ0n) is 17.4. The van der Waals surface area contributed by atoms with E-state index in [1.807, 2.05) is 13.0 Å². The molecule has 2 amide bonds. The Kier molecular flexibility index (Phi) is 7.22. The van der Waals surface area contributed by atoms with E-state index in [0.29, 0.717) is 17.7 Å². The molecule has 0 bridgehead atoms. The topological polar surface area (TPSA) is 101 Å². The second kappa shape index (κ2) is 10.2. The van der Waals surface area contributed by atoms with Gasteiger partial charge in [-0.1, -0.05) is 37.3 Å². The quantitative estimate of drug-likeness (QED) is 0.469. The van der Waals surface area contributed by atoms with E-state index in [-0.39, 0.29) is 17.7 Å². The minimum Gasteiger partial charge on any atom is -0.506 e. The molecule has 0 fully saturated rings. The van der Waals surface area contributed by atoms with Crippen molar-refractivity contribution in [3.8, 4) is 5.75 Å². The first-order valence-corrected chi connectivity index (χ1v) is 10.0. The summed E-state index contributed by atoms with van der Waals surface area (Å²) in [7, 11) is 0. The largest absolute Gasteiger partial charge is 0.506 e. The van der Waals surface area contributed by atoms with Gasteiger partial charge in [0.05, 0.1) is 11.7 Å². The number of anilines is 1. The molecule has 0 saturated carbocycles. The second-order valence-electron chi connectivity index (χ2n) is 7.03. The number of nitrogens with zero attached hydrogens (tertiary/aromatic N) is 1. The number of phenolic OH excluding ortho intramolecular Hbond substituents is 1. The fourth-order valence-corrected chi connectivity index (χ4v) is 3.08. The molecule has 0 aliphatic heterocycles. The number of carbonyl (C=O) groups is 2. The molecule has 7 nitrogen and oxygen atoms in total. The lowest BCUT2D eigenvalue weighted by molar-refractivity contribution is 0.101. The van der Waals surface area contributed by atoms with Crippen molar-refractivity contribution in [1.82, 2.24) is 10.3 Å². The molecule has 3 rings (SSSR count). The van der Waals surface area contributed by atoms with Crippen LogP contribution in [0.3, 0.4) is 0 Å². The summed E-state index contributed by atoms with van der Waals surface area (Å²) in [5, 5.41) is 15.3. The van der Waals surface area contributed by atoms with Crippen LogP contribution in [0.1, 0.15) is 53.9 Å². The van der Waals surface area contributed by atoms with Crippen LogP contribution in [0.5, 0.6) is 5.75 Å². The fraction of sp³-hybridized carbons (Fsp3) is 0.208. The minimum absolute atomic E-state index is 0.00161. The number of hydrogen-bond donors (Lipinski definition) is 3. The van der Waals surface area contributed by atoms with E-state index in [4.69, 9.17) is 4.74 Å². The van der Waals surface area contributed by atoms with Crippen molar-refractivity contribution in [3.05, 3.63) is 89.7 Å². The first kappa shape index (κ1) is 21.8. The summed E-state index contributed by atoms with van der Waals surface area (Å²) >= 11 is 0. The summed E-state index contributed by atoms with van der Waals surface area (Å²) in [6.07, 6.45) is 3.03. The highest BCUT2D eigenvalue weighted by molar-refractivity contribution is 6.05. The van der Waals surface area contributed by atoms with E-state index >= 15 is 0 Å². The zero-order chi connectivity index (χ0) is 22.2. The maximum atomic E-state index is 12.4. The predicted molar refractivity (Wildman–Crippen MR) is 118 cm³/mol. The Balaban J connectivity index is 1.61. The first-order valence-electron chi connectivity index (χ1n) is 10.0. The van der Waals surface area contributed by atoms with Gasteiger partial charge in [-0.2, -0.15) is 0 Å². The average Bonchev–Trinajstić information content (AvgIpc) is 2.79. The highest BCUT2D eigenvalue weighted by Gasteiger charge is 2.17. The molecule has 3 N–H and O–H groups in total. The van der Waals surface area contributed by atoms with Crippen molar-refractivity contribution >= 4 is 17.7 Å². The standard InChI is InChI=1S/C24H25N3O4/c1-3-20(27-24(30)31-16(2)19-7-6-14-25-15-19)17-10-12-18(13-11-17)23(29)26-21-8-4-5-9-22(21)28/h4-16,20,28H,3H2,1-2H3,(H,26,29)(H,27,30)/t16-,20-/m0/s1. The number of para-hydroxylation sites is 2. The number of nitrogens with one attached hydrogen (secondary N) is 2. The SMILES string of the molecule is CC[C@H](NC(=O)O[C@@H](C)c1cccnc1)c1ccc(C(=O)Nc2ccccc2O)cc1. The molecule has 0 radical (unpaired) electrons. The molecular weight excluding hydrogens is 394 g/mol. The van der Waals surface area contributed by atoms with Gasteiger partial charge >= 0.3 is 6.09 Å². The van der Waals surface area contributed by atoms with Gasteiger partial charge in [-0.25, -0.2) is 4.79 Å². The van der Waals surface area contributed by atoms with Crippen LogP contribution in [-0.4, -0.2) is 22.1 Å². The van der Waals surface area contributed by atoms with Gasteiger partial charge in [-0.15, -0.1) is 0 Å². The summed E-state index contributed by atoms with van der Waals surface area (Å²) in [6.45, 7) is 3.74. The molecule has 0 saturated heterocycles. The van der Waals surface area contributed by atoms with Crippen molar-refractivity contribution in [2.24, 2.45) is 0 Å². The molecule has 2 atom stereocenters. The number of benzene rings is 2. The van der Waals surface area contributed by atoms with Gasteiger partial charge in [0.15, 0.2) is 0 Å². The zero-order valence-corrected chi connectivity index (χ0v) is 17.4. The number of hydrogen-bond acceptors (Lipinski definition) is 5. The van der Waals surface area contributed by atoms with Gasteiger partial charge in [0.2, 0.25) is 0 Å². The summed E-state index contributed by atoms with van der Waals surface area (Å²) in [4.78, 5) is 28.8. The number of carbonyl (C=O) groups excluding carboxylic acids is 2. The van der Waals surface area contributed by atoms with Crippen LogP contribution in [0.25, 0.3) is 0 Å². The number of ether oxygens (including phenoxy) is 1. The van der Waals surface area contributed by atoms with Crippen molar-refractivity contribution in [1.29, 1.82) is 0 Å². The Morgan fingerprint density at radius 2 is 1.77 bits per heavy atom. The number of aromatic nitrogens is 1. The number of rotatable bonds is 7. The van der Waals surface area contributed by atoms with Crippen LogP contribution in [0.4, 0.5) is 10.5 Å². The molecule has 0 unspecified atom stereocenters. The van der Waals surface area contributed by atoms with Gasteiger partial charge < -0.3 is 20.5 Å². The molecule has 0 spiro atoms. The third kappa shape index (κ3) is 5.82. The number of pyridine rings is 1. The minimum atomic E-state index is -0.524. The smallest absolute Gasteiger partial charge is 0.408 e. The maximum Gasteiger partial charge on any atom is 0.408 e. The number of aromatic hydroxyl groups is 1. The van der Waals surface area contributed by atoms with Gasteiger partial charge in [0, 0.05) is 23.5 Å². The molecule has 0 aliphatic carbocycles. The molecule has 1 aromatic heterocycles. The highest BCUT2D eigenvalue weighted by Crippen LogP contribution is 2.23. The summed E-state index contributed by atoms with van der Waals surface area (Å²) < 4.78 is 5.45. The molecular formula is C24H25N3O4. The fourth-order valence-electron chi connectivity index (χ4n) is 3.08. The number of alkyl carbamates (subject to hydrolysis) is 1. The van der Waals surface area contributed by atoms with E-state index in [9.17, 15) is 14.7 Å². The van der Waals surface area contributed by atoms with Gasteiger partial charge in [-0.3, -0.25) is 9.78 Å². The summed E-state index contributed by atoms with van der Waals surface area (Å²) in [6, 6.07) is 16.9. The van der Waals surface area contributed by atoms with Crippen LogP contribution in [0, 0.1) is 0 Å². The van der Waals surface area contributed by atoms with E-state index < -0.39 is 12.2 Å². The van der Waals surface area contributed by atoms with Crippen LogP contribution in [0.15, 0.2) is 73.1 Å². The predicted octanol–water partition coefficient (Wildman–Crippen LogP) is 4.98. The third-order valence-corrected chi connectivity index (χ3v) is 4.87. The van der Waals surface area contributed by atoms with Gasteiger partial charge in [0.1, 0.15) is 11.9 Å². The molecule has 3 aromatic rings. The highest BCUT2D eigenvalue weighted by atomic mass is 16.6. The molecule has 1 heterocycles. The van der Waals surface area contributed by atoms with Crippen LogP contribution < -0.4 is 10.6 Å². The Bertz CT molecular complexity index is 1020. The maximum absolute atomic E-state index is 12.4. The summed E-state index contributed by atoms with van der Waals surface area (Å²) in [5.74, 6) is -0.333. The Hall–Kier alpha value is -3.87. The second-order valence-corrected chi connectivity index (χ2v) is 7.03. The van der Waals surface area contributed by atoms with E-state index in [0.717, 1.165) is 11.1 Å². The average molecular weight is 419 g/mol. The van der Waals surface area contributed by atoms with E-state index in [1.165, 1.54) is 6.07 Å². The van der Waals surface area contributed by atoms with Gasteiger partial charge in [-0.05, 0) is 49.2 Å². The molecule has 7 heteroatoms. The van der Waals surface area contributed by atoms with Crippen molar-refractivity contribution in [2.75, 3.05) is 5.32 Å². The molecule has 31 heavy (non-hydrogen) atoms. The third-order valence-electron chi connectivity index (χ3n) is 4.87. The Labute approximate surface area is 181 Å². The summed E-state index contributed by atoms with van der Waals surface area (Å²) in [5.41, 5.74) is 2.45. The van der Waals surface area contributed by atoms with E-state index in [2.05, 4.69) is 15.6 Å². The number of phenols is 1. The van der Waals surface area contributed by atoms with Crippen molar-refractivity contribution in [3.63, 3.8) is 0 Å². The van der Waals surface area contributed by atoms with E-state index in [1.54, 1.807) is 67.8 Å². The first-order chi connectivity index (χ1) is 15.0. The Morgan fingerprint density at radius 3 is 2.42 bits per heavy atom. The van der Waals surface area contributed by atoms with Crippen molar-refractivity contribution < 1.29 is 19.4 Å². The lowest BCUT2D eigenvalue weighted by atomic mass is 10.0. The van der Waals surface area contributed by atoms with Crippen LogP contribution in [0.2, 0.25) is 0 Å². The van der Waals surface area contributed by atoms with Crippen LogP contribution >= 0.6 is 0 Å². The number of amides is 2. The Morgan fingerprint density at radius 1 is 1.03 bits per heavy atom. The normalized spacial score (nSPS) is 12.5. The van der Waals surface area contributed by atoms with Crippen molar-refractivity contribution in [2.45, 2.75) is 32.4 Å². The van der Waals surface area contributed by atoms with Crippen LogP contribution in [-0.2, 0) is 4.74 Å². The molecule has 2 aromatic carbocycles. The van der Waals surface area contributed by atoms with Gasteiger partial charge in [0.25, 0.3) is 5.91 Å². The lowest BCUT2D eigenvalue weighted by Crippen LogP contribution is -2.29. The molecule has 0 aliphatic rings. The lowest BCUT2D eigenvalue weighted by Gasteiger charge is -2.20. The molecule has 160 valence electrons. The monoisotopic (exact) mass is 419 g/mol.